The van der Waals surface area contributed by atoms with Gasteiger partial charge >= 0.3 is 5.97 Å². The summed E-state index contributed by atoms with van der Waals surface area (Å²) in [7, 11) is 0. The lowest BCUT2D eigenvalue weighted by Crippen LogP contribution is -2.62. The SMILES string of the molecule is C=C1C[C@@H]2CC[C@@]34C[C@@]5(O)O[C@H]6[C@@H](O3)[C@H]3O[C@H](CC[C@@H]3O[C@H]6[C@H]5O4)CC(=O)O[C@@H]3[C@@H](C)[C@@H]4O[C@@H]5C[C@]6(C[C@@H]7O[C@]8(C[C@H](C)[C@@H]9O[C@@H]%10C[C@@H]([C@@H](O)CO)O[C@@H]%10C[C@@H]9O8)C[C@H](C)[C@@H]7O6)O[C@@H]5C[C@@H]4O[C@H]3C[C@H]3O[C@@H](CC[C@@H]1O2)C[C@@H](C)C3=C. The third-order valence-corrected chi connectivity index (χ3v) is 22.7. The molecule has 81 heavy (non-hydrogen) atoms. The van der Waals surface area contributed by atoms with Crippen LogP contribution >= 0.6 is 0 Å². The van der Waals surface area contributed by atoms with Gasteiger partial charge in [0.1, 0.15) is 42.7 Å². The van der Waals surface area contributed by atoms with Crippen LogP contribution in [-0.4, -0.2) is 204 Å². The normalized spacial score (nSPS) is 59.3. The summed E-state index contributed by atoms with van der Waals surface area (Å²) in [6.07, 6.45) is 0.905. The van der Waals surface area contributed by atoms with E-state index in [0.717, 1.165) is 36.8 Å². The number of carbonyl (C=O) groups is 1. The molecule has 0 radical (unpaired) electrons. The number of ether oxygens (including phenoxy) is 16. The highest BCUT2D eigenvalue weighted by Gasteiger charge is 2.75. The Morgan fingerprint density at radius 2 is 1.20 bits per heavy atom. The van der Waals surface area contributed by atoms with E-state index in [0.29, 0.717) is 77.0 Å². The zero-order valence-electron chi connectivity index (χ0n) is 47.4. The summed E-state index contributed by atoms with van der Waals surface area (Å²) >= 11 is 0. The first-order chi connectivity index (χ1) is 38.9. The lowest BCUT2D eigenvalue weighted by atomic mass is 9.78. The average Bonchev–Trinajstić information content (AvgIpc) is 3.41. The van der Waals surface area contributed by atoms with Gasteiger partial charge in [0.25, 0.3) is 0 Å². The van der Waals surface area contributed by atoms with Crippen LogP contribution < -0.4 is 0 Å². The molecule has 20 nitrogen and oxygen atoms in total. The van der Waals surface area contributed by atoms with Gasteiger partial charge in [0.05, 0.1) is 129 Å². The molecule has 3 spiro atoms. The highest BCUT2D eigenvalue weighted by Crippen LogP contribution is 2.60. The van der Waals surface area contributed by atoms with Gasteiger partial charge in [-0.25, -0.2) is 0 Å². The van der Waals surface area contributed by atoms with Crippen molar-refractivity contribution >= 4 is 5.97 Å². The van der Waals surface area contributed by atoms with E-state index >= 15 is 0 Å². The van der Waals surface area contributed by atoms with Crippen LogP contribution in [0.4, 0.5) is 0 Å². The predicted octanol–water partition coefficient (Wildman–Crippen LogP) is 4.65. The molecule has 0 amide bonds. The van der Waals surface area contributed by atoms with Gasteiger partial charge in [-0.05, 0) is 73.8 Å². The summed E-state index contributed by atoms with van der Waals surface area (Å²) in [5, 5.41) is 31.9. The van der Waals surface area contributed by atoms with Crippen molar-refractivity contribution in [2.24, 2.45) is 23.7 Å². The summed E-state index contributed by atoms with van der Waals surface area (Å²) in [5.74, 6) is -4.57. The summed E-state index contributed by atoms with van der Waals surface area (Å²) in [6, 6.07) is 0. The van der Waals surface area contributed by atoms with Gasteiger partial charge in [0.15, 0.2) is 17.4 Å². The smallest absolute Gasteiger partial charge is 0.308 e. The highest BCUT2D eigenvalue weighted by atomic mass is 16.8. The summed E-state index contributed by atoms with van der Waals surface area (Å²) in [5.41, 5.74) is 2.09. The quantitative estimate of drug-likeness (QED) is 0.253. The Bertz CT molecular complexity index is 2470. The highest BCUT2D eigenvalue weighted by molar-refractivity contribution is 5.70. The van der Waals surface area contributed by atoms with E-state index in [9.17, 15) is 20.1 Å². The number of hydrogen-bond donors (Lipinski definition) is 3. The van der Waals surface area contributed by atoms with Crippen molar-refractivity contribution in [3.63, 3.8) is 0 Å². The molecule has 0 aromatic heterocycles. The molecule has 12 bridgehead atoms. The van der Waals surface area contributed by atoms with Gasteiger partial charge in [-0.1, -0.05) is 40.9 Å². The van der Waals surface area contributed by atoms with Crippen molar-refractivity contribution in [1.29, 1.82) is 0 Å². The average molecular weight is 1140 g/mol. The largest absolute Gasteiger partial charge is 0.459 e. The molecule has 0 aromatic rings. The van der Waals surface area contributed by atoms with Crippen molar-refractivity contribution in [1.82, 2.24) is 0 Å². The van der Waals surface area contributed by atoms with Gasteiger partial charge in [-0.2, -0.15) is 0 Å². The molecule has 0 aliphatic carbocycles. The van der Waals surface area contributed by atoms with Crippen molar-refractivity contribution in [3.8, 4) is 0 Å². The lowest BCUT2D eigenvalue weighted by molar-refractivity contribution is -0.369. The molecule has 0 aromatic carbocycles. The van der Waals surface area contributed by atoms with E-state index in [1.165, 1.54) is 0 Å². The number of hydrogen-bond acceptors (Lipinski definition) is 20. The molecule has 20 heteroatoms. The van der Waals surface area contributed by atoms with Gasteiger partial charge in [0.2, 0.25) is 5.79 Å². The molecule has 17 saturated heterocycles. The fraction of sp³-hybridized carbons (Fsp3) is 0.918. The minimum Gasteiger partial charge on any atom is -0.459 e. The first kappa shape index (κ1) is 54.6. The van der Waals surface area contributed by atoms with E-state index < -0.39 is 90.3 Å². The summed E-state index contributed by atoms with van der Waals surface area (Å²) in [6.45, 7) is 17.5. The van der Waals surface area contributed by atoms with Crippen LogP contribution in [0.1, 0.15) is 143 Å². The molecule has 17 fully saturated rings. The lowest BCUT2D eigenvalue weighted by Gasteiger charge is -2.54. The van der Waals surface area contributed by atoms with Gasteiger partial charge in [0, 0.05) is 63.7 Å². The van der Waals surface area contributed by atoms with E-state index in [1.807, 2.05) is 0 Å². The predicted molar refractivity (Wildman–Crippen MR) is 278 cm³/mol. The molecule has 33 atom stereocenters. The zero-order valence-corrected chi connectivity index (χ0v) is 47.4. The summed E-state index contributed by atoms with van der Waals surface area (Å²) < 4.78 is 110. The topological polar surface area (TPSA) is 225 Å². The minimum absolute atomic E-state index is 0.0214. The molecule has 0 saturated carbocycles. The standard InChI is InChI=1S/C61H86O20/c1-26-13-32-7-9-36-27(2)14-34(66-36)11-12-58-25-61(65)57(81-58)56-55(80-61)54(79-58)53-37(71-56)10-8-33(68-53)15-48(64)74-52-31(6)51-44(70-43(52)16-38(67-32)30(26)5)19-42-46(73-51)22-60(75-42)23-47-50(78-60)29(4)21-59(77-47)20-28(3)49-45(76-59)18-40-41(72-49)17-39(69-40)35(63)24-62/h26,28-29,31-47,49-57,62-63,65H,2,5,7-25H2,1,3-4,6H3/t26-,28+,29+,31+,32+,33-,34+,35+,36+,37+,38-,39+,40-,41-,42-,43+,44+,45+,46-,47+,49+,50+,51+,52-,53+,54+,55+,56-,57-,58-,59-,60+,61-/m1/s1. The van der Waals surface area contributed by atoms with Crippen molar-refractivity contribution in [2.75, 3.05) is 6.61 Å². The Balaban J connectivity index is 0.630. The van der Waals surface area contributed by atoms with Crippen LogP contribution in [0.5, 0.6) is 0 Å². The maximum Gasteiger partial charge on any atom is 0.308 e. The number of esters is 1. The maximum atomic E-state index is 14.6. The number of fused-ring (bicyclic) bond motifs is 11. The minimum atomic E-state index is -1.54. The van der Waals surface area contributed by atoms with Crippen LogP contribution in [0.3, 0.4) is 0 Å². The first-order valence-electron chi connectivity index (χ1n) is 31.5. The Kier molecular flexibility index (Phi) is 13.4. The van der Waals surface area contributed by atoms with Crippen molar-refractivity contribution in [2.45, 2.75) is 319 Å². The molecule has 17 rings (SSSR count). The van der Waals surface area contributed by atoms with E-state index in [2.05, 4.69) is 40.9 Å². The number of aliphatic hydroxyl groups excluding tert-OH is 2. The molecular formula is C61H86O20. The van der Waals surface area contributed by atoms with Crippen LogP contribution in [-0.2, 0) is 80.6 Å². The van der Waals surface area contributed by atoms with Crippen LogP contribution in [0.15, 0.2) is 24.3 Å². The maximum absolute atomic E-state index is 14.6. The van der Waals surface area contributed by atoms with E-state index in [4.69, 9.17) is 75.8 Å². The third kappa shape index (κ3) is 9.12. The monoisotopic (exact) mass is 1140 g/mol. The Morgan fingerprint density at radius 1 is 0.519 bits per heavy atom. The number of aliphatic hydroxyl groups is 3. The molecule has 0 unspecified atom stereocenters. The van der Waals surface area contributed by atoms with Gasteiger partial charge in [-0.3, -0.25) is 4.79 Å². The second-order valence-corrected chi connectivity index (χ2v) is 28.3. The van der Waals surface area contributed by atoms with Gasteiger partial charge < -0.3 is 91.1 Å². The van der Waals surface area contributed by atoms with Crippen molar-refractivity contribution in [3.05, 3.63) is 24.3 Å². The molecule has 3 N–H and O–H groups in total. The van der Waals surface area contributed by atoms with E-state index in [1.54, 1.807) is 0 Å². The first-order valence-corrected chi connectivity index (χ1v) is 31.5. The van der Waals surface area contributed by atoms with Crippen LogP contribution in [0.25, 0.3) is 0 Å². The Labute approximate surface area is 474 Å². The Morgan fingerprint density at radius 3 is 2.05 bits per heavy atom. The van der Waals surface area contributed by atoms with E-state index in [-0.39, 0.29) is 135 Å². The van der Waals surface area contributed by atoms with Crippen LogP contribution in [0, 0.1) is 23.7 Å². The molecule has 450 valence electrons. The Hall–Kier alpha value is -1.77. The molecule has 17 aliphatic rings. The van der Waals surface area contributed by atoms with Crippen LogP contribution in [0.2, 0.25) is 0 Å². The van der Waals surface area contributed by atoms with Crippen molar-refractivity contribution < 1.29 is 95.9 Å². The summed E-state index contributed by atoms with van der Waals surface area (Å²) in [4.78, 5) is 14.6. The second-order valence-electron chi connectivity index (χ2n) is 28.3. The third-order valence-electron chi connectivity index (χ3n) is 22.7. The second kappa shape index (κ2) is 19.9. The molecule has 17 heterocycles. The zero-order chi connectivity index (χ0) is 55.2. The molecular weight excluding hydrogens is 1050 g/mol. The number of carbonyl (C=O) groups excluding carboxylic acids is 1. The fourth-order valence-electron chi connectivity index (χ4n) is 18.9. The molecule has 17 aliphatic heterocycles. The van der Waals surface area contributed by atoms with Gasteiger partial charge in [-0.15, -0.1) is 0 Å². The number of rotatable bonds is 2. The fourth-order valence-corrected chi connectivity index (χ4v) is 18.9.